The number of carbonyl (C=O) groups is 2. The van der Waals surface area contributed by atoms with Crippen molar-refractivity contribution >= 4 is 23.3 Å². The van der Waals surface area contributed by atoms with Crippen molar-refractivity contribution < 1.29 is 19.1 Å². The maximum Gasteiger partial charge on any atom is 0.251 e. The van der Waals surface area contributed by atoms with Crippen LogP contribution in [-0.4, -0.2) is 66.5 Å². The highest BCUT2D eigenvalue weighted by Gasteiger charge is 2.39. The van der Waals surface area contributed by atoms with Crippen molar-refractivity contribution in [3.8, 4) is 28.1 Å². The van der Waals surface area contributed by atoms with Gasteiger partial charge in [0.05, 0.1) is 23.6 Å². The number of nitrogens with two attached hydrogens (primary N) is 1. The van der Waals surface area contributed by atoms with Crippen LogP contribution in [0.2, 0.25) is 0 Å². The molecule has 250 valence electrons. The van der Waals surface area contributed by atoms with Gasteiger partial charge in [-0.25, -0.2) is 4.39 Å². The van der Waals surface area contributed by atoms with Crippen molar-refractivity contribution in [3.63, 3.8) is 0 Å². The van der Waals surface area contributed by atoms with Gasteiger partial charge in [-0.1, -0.05) is 24.3 Å². The normalized spacial score (nSPS) is 24.0. The zero-order valence-corrected chi connectivity index (χ0v) is 27.0. The molecule has 4 aromatic rings. The molecule has 2 aromatic heterocycles. The Morgan fingerprint density at radius 1 is 0.979 bits per heavy atom. The maximum atomic E-state index is 15.8. The second kappa shape index (κ2) is 13.0. The van der Waals surface area contributed by atoms with Crippen LogP contribution in [0, 0.1) is 5.82 Å². The topological polar surface area (TPSA) is 151 Å². The Labute approximate surface area is 278 Å². The van der Waals surface area contributed by atoms with Crippen molar-refractivity contribution in [2.75, 3.05) is 24.1 Å². The van der Waals surface area contributed by atoms with Gasteiger partial charge in [0.25, 0.3) is 5.91 Å². The van der Waals surface area contributed by atoms with E-state index >= 15 is 4.39 Å². The van der Waals surface area contributed by atoms with E-state index in [0.29, 0.717) is 40.8 Å². The highest BCUT2D eigenvalue weighted by Crippen LogP contribution is 2.40. The van der Waals surface area contributed by atoms with Gasteiger partial charge in [0.2, 0.25) is 5.91 Å². The number of rotatable bonds is 7. The molecule has 3 fully saturated rings. The van der Waals surface area contributed by atoms with E-state index < -0.39 is 11.4 Å². The number of nitrogen functional groups attached to an aromatic ring is 1. The van der Waals surface area contributed by atoms with E-state index in [1.54, 1.807) is 31.2 Å². The van der Waals surface area contributed by atoms with Crippen molar-refractivity contribution in [2.45, 2.75) is 81.8 Å². The van der Waals surface area contributed by atoms with Crippen LogP contribution < -0.4 is 16.4 Å². The van der Waals surface area contributed by atoms with Crippen LogP contribution in [0.5, 0.6) is 5.75 Å². The number of carbonyl (C=O) groups excluding carboxylic acids is 2. The molecule has 0 unspecified atom stereocenters. The molecule has 0 radical (unpaired) electrons. The van der Waals surface area contributed by atoms with E-state index in [1.165, 1.54) is 0 Å². The molecule has 2 aliphatic heterocycles. The maximum absolute atomic E-state index is 15.8. The zero-order chi connectivity index (χ0) is 33.4. The Bertz CT molecular complexity index is 1830. The molecule has 2 aromatic carbocycles. The minimum Gasteiger partial charge on any atom is -0.507 e. The number of piperidine rings is 2. The number of halogens is 1. The summed E-state index contributed by atoms with van der Waals surface area (Å²) in [5.74, 6) is -0.449. The monoisotopic (exact) mass is 652 g/mol. The van der Waals surface area contributed by atoms with Crippen LogP contribution >= 0.6 is 0 Å². The van der Waals surface area contributed by atoms with Crippen LogP contribution in [-0.2, 0) is 9.59 Å². The first-order valence-electron chi connectivity index (χ1n) is 16.8. The number of aromatic hydroxyl groups is 1. The standard InChI is InChI=1S/C36H41FN8O3/c1-36(16-13-32(47)40-35(36)48)41-29-7-4-6-26(33(29)37)22-9-11-24(12-10-22)44-17-14-25(15-18-44)45-21-23(20-39-45)28-19-30(42-43-34(28)38)27-5-2-3-8-31(27)46/h2-8,19-22,24-25,41,46H,9-18H2,1H3,(H2,38,43)(H,40,47,48)/t22?,24?,36-/m1/s1. The average Bonchev–Trinajstić information content (AvgIpc) is 3.59. The van der Waals surface area contributed by atoms with E-state index in [9.17, 15) is 14.7 Å². The summed E-state index contributed by atoms with van der Waals surface area (Å²) >= 11 is 0. The Hall–Kier alpha value is -4.84. The largest absolute Gasteiger partial charge is 0.507 e. The quantitative estimate of drug-likeness (QED) is 0.192. The number of phenolic OH excluding ortho intramolecular Hbond substituents is 1. The van der Waals surface area contributed by atoms with Gasteiger partial charge >= 0.3 is 0 Å². The van der Waals surface area contributed by atoms with Gasteiger partial charge in [-0.05, 0) is 87.6 Å². The number of phenols is 1. The smallest absolute Gasteiger partial charge is 0.251 e. The fourth-order valence-electron chi connectivity index (χ4n) is 7.58. The number of nitrogens with zero attached hydrogens (tertiary/aromatic N) is 5. The summed E-state index contributed by atoms with van der Waals surface area (Å²) in [6, 6.07) is 15.0. The van der Waals surface area contributed by atoms with E-state index in [0.717, 1.165) is 62.7 Å². The Morgan fingerprint density at radius 3 is 2.50 bits per heavy atom. The van der Waals surface area contributed by atoms with Gasteiger partial charge in [-0.2, -0.15) is 5.10 Å². The number of hydrogen-bond donors (Lipinski definition) is 4. The van der Waals surface area contributed by atoms with Crippen LogP contribution in [0.15, 0.2) is 60.9 Å². The van der Waals surface area contributed by atoms with Crippen molar-refractivity contribution in [1.29, 1.82) is 0 Å². The Balaban J connectivity index is 0.946. The molecule has 1 saturated carbocycles. The first-order valence-corrected chi connectivity index (χ1v) is 16.8. The molecule has 7 rings (SSSR count). The lowest BCUT2D eigenvalue weighted by atomic mass is 9.80. The van der Waals surface area contributed by atoms with Gasteiger partial charge in [-0.3, -0.25) is 19.6 Å². The second-order valence-corrected chi connectivity index (χ2v) is 13.6. The van der Waals surface area contributed by atoms with Crippen LogP contribution in [0.1, 0.15) is 75.8 Å². The minimum atomic E-state index is -1.03. The molecule has 12 heteroatoms. The Kier molecular flexibility index (Phi) is 8.59. The fourth-order valence-corrected chi connectivity index (χ4v) is 7.58. The third kappa shape index (κ3) is 6.24. The number of likely N-dealkylation sites (tertiary alicyclic amines) is 1. The number of hydrogen-bond acceptors (Lipinski definition) is 9. The van der Waals surface area contributed by atoms with Gasteiger partial charge in [0.15, 0.2) is 5.82 Å². The lowest BCUT2D eigenvalue weighted by Crippen LogP contribution is -2.56. The summed E-state index contributed by atoms with van der Waals surface area (Å²) in [4.78, 5) is 26.7. The van der Waals surface area contributed by atoms with Gasteiger partial charge in [-0.15, -0.1) is 10.2 Å². The lowest BCUT2D eigenvalue weighted by Gasteiger charge is -2.41. The lowest BCUT2D eigenvalue weighted by molar-refractivity contribution is -0.136. The SMILES string of the molecule is C[C@@]1(Nc2cccc(C3CCC(N4CCC(n5cc(-c6cc(-c7ccccc7O)nnc6N)cn5)CC4)CC3)c2F)CCC(=O)NC1=O. The predicted molar refractivity (Wildman–Crippen MR) is 180 cm³/mol. The molecule has 0 spiro atoms. The molecule has 3 aliphatic rings. The van der Waals surface area contributed by atoms with Crippen LogP contribution in [0.25, 0.3) is 22.4 Å². The summed E-state index contributed by atoms with van der Waals surface area (Å²) in [5.41, 5.74) is 8.91. The van der Waals surface area contributed by atoms with Gasteiger partial charge < -0.3 is 21.1 Å². The molecule has 5 N–H and O–H groups in total. The van der Waals surface area contributed by atoms with E-state index in [1.807, 2.05) is 41.3 Å². The number of aromatic nitrogens is 4. The summed E-state index contributed by atoms with van der Waals surface area (Å²) in [6.45, 7) is 3.66. The van der Waals surface area contributed by atoms with Crippen LogP contribution in [0.4, 0.5) is 15.9 Å². The molecular weight excluding hydrogens is 611 g/mol. The zero-order valence-electron chi connectivity index (χ0n) is 27.0. The molecular formula is C36H41FN8O3. The first-order chi connectivity index (χ1) is 23.2. The van der Waals surface area contributed by atoms with Crippen LogP contribution in [0.3, 0.4) is 0 Å². The first kappa shape index (κ1) is 31.7. The molecule has 48 heavy (non-hydrogen) atoms. The number of anilines is 2. The third-order valence-electron chi connectivity index (χ3n) is 10.5. The number of para-hydroxylation sites is 1. The number of imide groups is 1. The fraction of sp³-hybridized carbons (Fsp3) is 0.417. The van der Waals surface area contributed by atoms with Crippen molar-refractivity contribution in [3.05, 3.63) is 72.3 Å². The molecule has 1 aliphatic carbocycles. The number of benzene rings is 2. The molecule has 2 amide bonds. The van der Waals surface area contributed by atoms with E-state index in [-0.39, 0.29) is 35.9 Å². The van der Waals surface area contributed by atoms with E-state index in [2.05, 4.69) is 30.8 Å². The van der Waals surface area contributed by atoms with Crippen molar-refractivity contribution in [1.82, 2.24) is 30.2 Å². The number of amides is 2. The third-order valence-corrected chi connectivity index (χ3v) is 10.5. The average molecular weight is 653 g/mol. The van der Waals surface area contributed by atoms with Gasteiger partial charge in [0, 0.05) is 48.4 Å². The molecule has 0 bridgehead atoms. The summed E-state index contributed by atoms with van der Waals surface area (Å²) in [7, 11) is 0. The molecule has 2 saturated heterocycles. The highest BCUT2D eigenvalue weighted by molar-refractivity contribution is 6.03. The minimum absolute atomic E-state index is 0.124. The second-order valence-electron chi connectivity index (χ2n) is 13.6. The van der Waals surface area contributed by atoms with E-state index in [4.69, 9.17) is 5.73 Å². The predicted octanol–water partition coefficient (Wildman–Crippen LogP) is 5.40. The summed E-state index contributed by atoms with van der Waals surface area (Å²) in [5, 5.41) is 28.8. The van der Waals surface area contributed by atoms with Gasteiger partial charge in [0.1, 0.15) is 17.1 Å². The molecule has 11 nitrogen and oxygen atoms in total. The summed E-state index contributed by atoms with van der Waals surface area (Å²) < 4.78 is 17.8. The molecule has 1 atom stereocenters. The number of nitrogens with one attached hydrogen (secondary N) is 2. The highest BCUT2D eigenvalue weighted by atomic mass is 19.1. The summed E-state index contributed by atoms with van der Waals surface area (Å²) in [6.07, 6.45) is 10.2. The molecule has 4 heterocycles. The Morgan fingerprint density at radius 2 is 1.75 bits per heavy atom. The van der Waals surface area contributed by atoms with Crippen molar-refractivity contribution in [2.24, 2.45) is 0 Å².